The topological polar surface area (TPSA) is 60.7 Å². The van der Waals surface area contributed by atoms with Crippen molar-refractivity contribution in [3.63, 3.8) is 0 Å². The van der Waals surface area contributed by atoms with Crippen LogP contribution in [0.4, 0.5) is 0 Å². The van der Waals surface area contributed by atoms with Gasteiger partial charge in [-0.3, -0.25) is 0 Å². The molecule has 0 rings (SSSR count). The summed E-state index contributed by atoms with van der Waals surface area (Å²) in [6, 6.07) is 0. The maximum atomic E-state index is 8.75. The number of hydrogen-bond donors (Lipinski definition) is 3. The van der Waals surface area contributed by atoms with Crippen molar-refractivity contribution in [2.75, 3.05) is 13.2 Å². The molecule has 0 saturated carbocycles. The van der Waals surface area contributed by atoms with Crippen LogP contribution in [0.5, 0.6) is 0 Å². The van der Waals surface area contributed by atoms with E-state index in [0.717, 1.165) is 6.42 Å². The van der Waals surface area contributed by atoms with Gasteiger partial charge in [0, 0.05) is 6.61 Å². The molecule has 3 nitrogen and oxygen atoms in total. The van der Waals surface area contributed by atoms with Gasteiger partial charge in [0.2, 0.25) is 0 Å². The summed E-state index contributed by atoms with van der Waals surface area (Å²) in [5.41, 5.74) is 0. The first-order valence-corrected chi connectivity index (χ1v) is 3.21. The first-order valence-electron chi connectivity index (χ1n) is 3.21. The molecule has 0 aromatic heterocycles. The summed E-state index contributed by atoms with van der Waals surface area (Å²) in [6.07, 6.45) is 1.46. The van der Waals surface area contributed by atoms with E-state index in [-0.39, 0.29) is 74.1 Å². The summed E-state index contributed by atoms with van der Waals surface area (Å²) in [6.45, 7) is -0.0103. The van der Waals surface area contributed by atoms with Gasteiger partial charge in [-0.2, -0.15) is 0 Å². The van der Waals surface area contributed by atoms with Crippen LogP contribution in [-0.2, 0) is 0 Å². The fraction of sp³-hybridized carbons (Fsp3) is 1.00. The smallest absolute Gasteiger partial charge is 1.00 e. The van der Waals surface area contributed by atoms with E-state index < -0.39 is 6.10 Å². The van der Waals surface area contributed by atoms with Gasteiger partial charge in [0.1, 0.15) is 0 Å². The van der Waals surface area contributed by atoms with Gasteiger partial charge in [0.15, 0.2) is 0 Å². The van der Waals surface area contributed by atoms with Crippen molar-refractivity contribution in [3.8, 4) is 0 Å². The van der Waals surface area contributed by atoms with Crippen molar-refractivity contribution in [3.05, 3.63) is 0 Å². The number of hydrogen-bond acceptors (Lipinski definition) is 3. The predicted octanol–water partition coefficient (Wildman–Crippen LogP) is -9.15. The summed E-state index contributed by atoms with van der Waals surface area (Å²) in [5, 5.41) is 25.4. The van der Waals surface area contributed by atoms with E-state index in [0.29, 0.717) is 12.8 Å². The minimum atomic E-state index is -0.600. The molecule has 3 N–H and O–H groups in total. The van der Waals surface area contributed by atoms with Crippen LogP contribution < -0.4 is 56.6 Å². The molecule has 0 aromatic carbocycles. The number of aliphatic hydroxyl groups is 3. The zero-order valence-electron chi connectivity index (χ0n) is 11.5. The minimum Gasteiger partial charge on any atom is -1.00 e. The Labute approximate surface area is 114 Å². The van der Waals surface area contributed by atoms with Crippen LogP contribution in [0.1, 0.15) is 23.5 Å². The fourth-order valence-electron chi connectivity index (χ4n) is 0.583. The summed E-state index contributed by atoms with van der Waals surface area (Å²) in [7, 11) is 0. The van der Waals surface area contributed by atoms with Crippen LogP contribution in [0.3, 0.4) is 0 Å². The van der Waals surface area contributed by atoms with Gasteiger partial charge in [-0.05, 0) is 19.3 Å². The zero-order chi connectivity index (χ0) is 7.11. The summed E-state index contributed by atoms with van der Waals surface area (Å²) >= 11 is 0. The summed E-state index contributed by atoms with van der Waals surface area (Å²) < 4.78 is 0. The Kier molecular flexibility index (Phi) is 36.1. The van der Waals surface area contributed by atoms with Crippen molar-refractivity contribution in [2.45, 2.75) is 25.4 Å². The number of aliphatic hydroxyl groups excluding tert-OH is 3. The zero-order valence-corrected chi connectivity index (χ0v) is 8.45. The van der Waals surface area contributed by atoms with Gasteiger partial charge in [0.05, 0.1) is 12.7 Å². The van der Waals surface area contributed by atoms with E-state index in [1.807, 2.05) is 0 Å². The Morgan fingerprint density at radius 1 is 1.00 bits per heavy atom. The van der Waals surface area contributed by atoms with Crippen LogP contribution in [0.15, 0.2) is 0 Å². The third-order valence-corrected chi connectivity index (χ3v) is 1.16. The third-order valence-electron chi connectivity index (χ3n) is 1.16. The second-order valence-electron chi connectivity index (χ2n) is 2.06. The van der Waals surface area contributed by atoms with Gasteiger partial charge in [-0.1, -0.05) is 0 Å². The van der Waals surface area contributed by atoms with Gasteiger partial charge >= 0.3 is 56.6 Å². The summed E-state index contributed by atoms with van der Waals surface area (Å²) in [4.78, 5) is 0. The average molecular weight is 158 g/mol. The van der Waals surface area contributed by atoms with Crippen LogP contribution in [0.2, 0.25) is 0 Å². The molecule has 0 amide bonds. The molecule has 0 saturated heterocycles. The summed E-state index contributed by atoms with van der Waals surface area (Å²) in [5.74, 6) is 0. The van der Waals surface area contributed by atoms with Gasteiger partial charge in [-0.25, -0.2) is 0 Å². The quantitative estimate of drug-likeness (QED) is 0.275. The van der Waals surface area contributed by atoms with E-state index in [1.165, 1.54) is 0 Å². The Balaban J connectivity index is -0.0000000213. The molecule has 0 aromatic rings. The minimum absolute atomic E-state index is 0. The van der Waals surface area contributed by atoms with Crippen LogP contribution >= 0.6 is 0 Å². The maximum absolute atomic E-state index is 8.75. The van der Waals surface area contributed by atoms with Crippen molar-refractivity contribution in [1.82, 2.24) is 0 Å². The van der Waals surface area contributed by atoms with Crippen molar-refractivity contribution < 1.29 is 76.2 Å². The molecular formula is C6H17Li3O3. The number of unbranched alkanes of at least 4 members (excludes halogenated alkanes) is 1. The van der Waals surface area contributed by atoms with E-state index in [9.17, 15) is 0 Å². The normalized spacial score (nSPS) is 10.2. The molecule has 0 aliphatic rings. The average Bonchev–Trinajstić information content (AvgIpc) is 1.89. The Hall–Kier alpha value is 1.67. The molecule has 1 atom stereocenters. The second-order valence-corrected chi connectivity index (χ2v) is 2.06. The molecule has 0 radical (unpaired) electrons. The van der Waals surface area contributed by atoms with Crippen LogP contribution in [0, 0.1) is 0 Å². The number of rotatable bonds is 5. The van der Waals surface area contributed by atoms with Gasteiger partial charge < -0.3 is 19.6 Å². The largest absolute Gasteiger partial charge is 1.00 e. The van der Waals surface area contributed by atoms with E-state index in [2.05, 4.69) is 0 Å². The Morgan fingerprint density at radius 3 is 1.83 bits per heavy atom. The van der Waals surface area contributed by atoms with Gasteiger partial charge in [0.25, 0.3) is 0 Å². The van der Waals surface area contributed by atoms with Crippen molar-refractivity contribution >= 4 is 0 Å². The molecule has 0 bridgehead atoms. The van der Waals surface area contributed by atoms with Crippen molar-refractivity contribution in [2.24, 2.45) is 0 Å². The molecule has 62 valence electrons. The maximum Gasteiger partial charge on any atom is 1.00 e. The second kappa shape index (κ2) is 18.5. The first kappa shape index (κ1) is 23.5. The van der Waals surface area contributed by atoms with Crippen LogP contribution in [-0.4, -0.2) is 34.6 Å². The molecule has 0 fully saturated rings. The third kappa shape index (κ3) is 17.7. The van der Waals surface area contributed by atoms with E-state index in [4.69, 9.17) is 15.3 Å². The molecule has 0 aliphatic heterocycles. The molecule has 6 heteroatoms. The molecular weight excluding hydrogens is 141 g/mol. The fourth-order valence-corrected chi connectivity index (χ4v) is 0.583. The first-order chi connectivity index (χ1) is 4.31. The standard InChI is InChI=1S/C6H14O3.3Li.3H/c7-4-2-1-3-6(9)5-8;;;;;;/h6-9H,1-5H2;;;;;;/q;3*+1;3*-1. The monoisotopic (exact) mass is 158 g/mol. The molecule has 0 aliphatic carbocycles. The van der Waals surface area contributed by atoms with Crippen LogP contribution in [0.25, 0.3) is 0 Å². The van der Waals surface area contributed by atoms with Crippen molar-refractivity contribution in [1.29, 1.82) is 0 Å². The van der Waals surface area contributed by atoms with Gasteiger partial charge in [-0.15, -0.1) is 0 Å². The predicted molar refractivity (Wildman–Crippen MR) is 37.4 cm³/mol. The molecule has 0 heterocycles. The molecule has 12 heavy (non-hydrogen) atoms. The Morgan fingerprint density at radius 2 is 1.50 bits per heavy atom. The molecule has 0 spiro atoms. The van der Waals surface area contributed by atoms with E-state index >= 15 is 0 Å². The molecule has 1 unspecified atom stereocenters. The SMILES string of the molecule is OCCCCC(O)CO.[H-].[H-].[H-].[Li+].[Li+].[Li+]. The van der Waals surface area contributed by atoms with E-state index in [1.54, 1.807) is 0 Å². The Bertz CT molecular complexity index is 76.8.